The molecule has 0 aliphatic rings. The highest BCUT2D eigenvalue weighted by atomic mass is 79.9. The fraction of sp³-hybridized carbons (Fsp3) is 0.286. The number of benzene rings is 1. The number of ether oxygens (including phenoxy) is 1. The van der Waals surface area contributed by atoms with Crippen molar-refractivity contribution in [3.63, 3.8) is 0 Å². The van der Waals surface area contributed by atoms with Gasteiger partial charge in [0.25, 0.3) is 0 Å². The molecule has 6 heteroatoms. The van der Waals surface area contributed by atoms with Gasteiger partial charge in [-0.15, -0.1) is 0 Å². The van der Waals surface area contributed by atoms with Gasteiger partial charge in [0.1, 0.15) is 11.2 Å². The molecule has 0 aliphatic carbocycles. The average Bonchev–Trinajstić information content (AvgIpc) is 2.78. The number of hydrogen-bond acceptors (Lipinski definition) is 3. The van der Waals surface area contributed by atoms with E-state index < -0.39 is 6.09 Å². The molecule has 0 atom stereocenters. The number of carbonyl (C=O) groups is 1. The third-order valence-corrected chi connectivity index (χ3v) is 3.80. The molecule has 20 heavy (non-hydrogen) atoms. The first kappa shape index (κ1) is 14.6. The number of rotatable bonds is 5. The Bertz CT molecular complexity index is 569. The Morgan fingerprint density at radius 3 is 2.80 bits per heavy atom. The lowest BCUT2D eigenvalue weighted by molar-refractivity contribution is 0.140. The lowest BCUT2D eigenvalue weighted by Gasteiger charge is -2.06. The Kier molecular flexibility index (Phi) is 5.17. The predicted molar refractivity (Wildman–Crippen MR) is 79.2 cm³/mol. The Labute approximate surface area is 126 Å². The first-order valence-electron chi connectivity index (χ1n) is 6.27. The zero-order chi connectivity index (χ0) is 14.4. The third kappa shape index (κ3) is 4.09. The van der Waals surface area contributed by atoms with Gasteiger partial charge >= 0.3 is 6.09 Å². The monoisotopic (exact) mass is 337 g/mol. The highest BCUT2D eigenvalue weighted by molar-refractivity contribution is 9.10. The first-order valence-corrected chi connectivity index (χ1v) is 7.06. The highest BCUT2D eigenvalue weighted by Gasteiger charge is 2.07. The smallest absolute Gasteiger partial charge is 0.407 e. The fourth-order valence-corrected chi connectivity index (χ4v) is 2.08. The quantitative estimate of drug-likeness (QED) is 0.912. The van der Waals surface area contributed by atoms with Crippen molar-refractivity contribution in [2.45, 2.75) is 13.0 Å². The van der Waals surface area contributed by atoms with Gasteiger partial charge in [0.15, 0.2) is 0 Å². The summed E-state index contributed by atoms with van der Waals surface area (Å²) in [4.78, 5) is 15.8. The molecule has 2 rings (SSSR count). The number of amides is 1. The number of aromatic nitrogens is 2. The molecule has 1 aromatic heterocycles. The molecule has 1 N–H and O–H groups in total. The van der Waals surface area contributed by atoms with Crippen molar-refractivity contribution in [1.29, 1.82) is 0 Å². The van der Waals surface area contributed by atoms with Crippen LogP contribution in [0.3, 0.4) is 0 Å². The van der Waals surface area contributed by atoms with Crippen LogP contribution in [0, 0.1) is 0 Å². The number of alkyl carbamates (subject to hydrolysis) is 1. The van der Waals surface area contributed by atoms with E-state index in [1.165, 1.54) is 0 Å². The Morgan fingerprint density at radius 1 is 1.40 bits per heavy atom. The van der Waals surface area contributed by atoms with Crippen molar-refractivity contribution in [3.8, 4) is 0 Å². The van der Waals surface area contributed by atoms with Crippen LogP contribution in [-0.2, 0) is 24.8 Å². The van der Waals surface area contributed by atoms with Gasteiger partial charge in [-0.05, 0) is 21.5 Å². The van der Waals surface area contributed by atoms with Crippen LogP contribution in [0.5, 0.6) is 0 Å². The van der Waals surface area contributed by atoms with Crippen LogP contribution in [0.15, 0.2) is 41.3 Å². The second kappa shape index (κ2) is 7.09. The molecular weight excluding hydrogens is 322 g/mol. The largest absolute Gasteiger partial charge is 0.445 e. The van der Waals surface area contributed by atoms with E-state index in [1.54, 1.807) is 6.33 Å². The molecule has 0 spiro atoms. The molecule has 1 heterocycles. The second-order valence-corrected chi connectivity index (χ2v) is 5.08. The SMILES string of the molecule is Cn1cnc(CCNC(=O)OCc2ccccc2)c1Br. The normalized spacial score (nSPS) is 10.3. The topological polar surface area (TPSA) is 56.2 Å². The van der Waals surface area contributed by atoms with Crippen molar-refractivity contribution >= 4 is 22.0 Å². The van der Waals surface area contributed by atoms with Crippen molar-refractivity contribution in [3.05, 3.63) is 52.5 Å². The van der Waals surface area contributed by atoms with Gasteiger partial charge in [-0.1, -0.05) is 30.3 Å². The number of aryl methyl sites for hydroxylation is 1. The maximum absolute atomic E-state index is 11.5. The second-order valence-electron chi connectivity index (χ2n) is 4.33. The molecule has 1 amide bonds. The van der Waals surface area contributed by atoms with E-state index in [-0.39, 0.29) is 6.61 Å². The summed E-state index contributed by atoms with van der Waals surface area (Å²) >= 11 is 3.44. The van der Waals surface area contributed by atoms with Gasteiger partial charge in [0.05, 0.1) is 12.0 Å². The lowest BCUT2D eigenvalue weighted by Crippen LogP contribution is -2.26. The summed E-state index contributed by atoms with van der Waals surface area (Å²) in [7, 11) is 1.90. The van der Waals surface area contributed by atoms with Crippen LogP contribution in [0.2, 0.25) is 0 Å². The molecule has 0 unspecified atom stereocenters. The lowest BCUT2D eigenvalue weighted by atomic mass is 10.2. The number of nitrogens with zero attached hydrogens (tertiary/aromatic N) is 2. The van der Waals surface area contributed by atoms with Gasteiger partial charge in [-0.3, -0.25) is 0 Å². The van der Waals surface area contributed by atoms with Crippen LogP contribution >= 0.6 is 15.9 Å². The number of nitrogens with one attached hydrogen (secondary N) is 1. The van der Waals surface area contributed by atoms with Crippen LogP contribution in [0.4, 0.5) is 4.79 Å². The van der Waals surface area contributed by atoms with Crippen molar-refractivity contribution in [2.75, 3.05) is 6.54 Å². The van der Waals surface area contributed by atoms with Crippen molar-refractivity contribution in [1.82, 2.24) is 14.9 Å². The van der Waals surface area contributed by atoms with E-state index in [0.29, 0.717) is 13.0 Å². The van der Waals surface area contributed by atoms with E-state index in [2.05, 4.69) is 26.2 Å². The number of hydrogen-bond donors (Lipinski definition) is 1. The Hall–Kier alpha value is -1.82. The molecule has 1 aromatic carbocycles. The Balaban J connectivity index is 1.69. The highest BCUT2D eigenvalue weighted by Crippen LogP contribution is 2.13. The summed E-state index contributed by atoms with van der Waals surface area (Å²) in [5.74, 6) is 0. The zero-order valence-corrected chi connectivity index (χ0v) is 12.8. The van der Waals surface area contributed by atoms with Crippen LogP contribution < -0.4 is 5.32 Å². The van der Waals surface area contributed by atoms with Gasteiger partial charge < -0.3 is 14.6 Å². The molecule has 2 aromatic rings. The van der Waals surface area contributed by atoms with E-state index in [1.807, 2.05) is 41.9 Å². The first-order chi connectivity index (χ1) is 9.66. The van der Waals surface area contributed by atoms with Crippen molar-refractivity contribution < 1.29 is 9.53 Å². The fourth-order valence-electron chi connectivity index (χ4n) is 1.69. The number of carbonyl (C=O) groups excluding carboxylic acids is 1. The maximum atomic E-state index is 11.5. The van der Waals surface area contributed by atoms with E-state index in [4.69, 9.17) is 4.74 Å². The predicted octanol–water partition coefficient (Wildman–Crippen LogP) is 2.65. The van der Waals surface area contributed by atoms with Gasteiger partial charge in [-0.2, -0.15) is 0 Å². The van der Waals surface area contributed by atoms with E-state index in [0.717, 1.165) is 15.9 Å². The van der Waals surface area contributed by atoms with Crippen LogP contribution in [0.25, 0.3) is 0 Å². The minimum atomic E-state index is -0.416. The van der Waals surface area contributed by atoms with Gasteiger partial charge in [0.2, 0.25) is 0 Å². The summed E-state index contributed by atoms with van der Waals surface area (Å²) in [5, 5.41) is 2.71. The van der Waals surface area contributed by atoms with Gasteiger partial charge in [0, 0.05) is 20.0 Å². The van der Waals surface area contributed by atoms with Crippen LogP contribution in [-0.4, -0.2) is 22.2 Å². The zero-order valence-electron chi connectivity index (χ0n) is 11.2. The molecule has 106 valence electrons. The molecule has 5 nitrogen and oxygen atoms in total. The average molecular weight is 338 g/mol. The number of halogens is 1. The third-order valence-electron chi connectivity index (χ3n) is 2.78. The molecule has 0 fully saturated rings. The summed E-state index contributed by atoms with van der Waals surface area (Å²) < 4.78 is 7.92. The van der Waals surface area contributed by atoms with E-state index in [9.17, 15) is 4.79 Å². The minimum absolute atomic E-state index is 0.278. The summed E-state index contributed by atoms with van der Waals surface area (Å²) in [6, 6.07) is 9.58. The molecule has 0 radical (unpaired) electrons. The standard InChI is InChI=1S/C14H16BrN3O2/c1-18-10-17-12(13(18)15)7-8-16-14(19)20-9-11-5-3-2-4-6-11/h2-6,10H,7-9H2,1H3,(H,16,19). The summed E-state index contributed by atoms with van der Waals surface area (Å²) in [5.41, 5.74) is 1.88. The molecule has 0 aliphatic heterocycles. The summed E-state index contributed by atoms with van der Waals surface area (Å²) in [6.45, 7) is 0.767. The van der Waals surface area contributed by atoms with E-state index >= 15 is 0 Å². The molecule has 0 bridgehead atoms. The molecule has 0 saturated heterocycles. The number of imidazole rings is 1. The molecule has 0 saturated carbocycles. The molecular formula is C14H16BrN3O2. The maximum Gasteiger partial charge on any atom is 0.407 e. The van der Waals surface area contributed by atoms with Crippen molar-refractivity contribution in [2.24, 2.45) is 7.05 Å². The summed E-state index contributed by atoms with van der Waals surface area (Å²) in [6.07, 6.45) is 1.97. The van der Waals surface area contributed by atoms with Gasteiger partial charge in [-0.25, -0.2) is 9.78 Å². The Morgan fingerprint density at radius 2 is 2.15 bits per heavy atom. The van der Waals surface area contributed by atoms with Crippen LogP contribution in [0.1, 0.15) is 11.3 Å². The minimum Gasteiger partial charge on any atom is -0.445 e.